The number of carbonyl (C=O) groups is 2. The van der Waals surface area contributed by atoms with Gasteiger partial charge >= 0.3 is 0 Å². The summed E-state index contributed by atoms with van der Waals surface area (Å²) in [5, 5.41) is 0.348. The maximum Gasteiger partial charge on any atom is 0.288 e. The van der Waals surface area contributed by atoms with Crippen molar-refractivity contribution < 1.29 is 18.0 Å². The number of hydrogen-bond donors (Lipinski definition) is 2. The zero-order chi connectivity index (χ0) is 20.3. The Hall–Kier alpha value is -3.26. The van der Waals surface area contributed by atoms with Gasteiger partial charge in [-0.3, -0.25) is 20.4 Å². The Balaban J connectivity index is 1.67. The summed E-state index contributed by atoms with van der Waals surface area (Å²) in [6, 6.07) is 16.2. The third kappa shape index (κ3) is 4.01. The highest BCUT2D eigenvalue weighted by Crippen LogP contribution is 2.16. The van der Waals surface area contributed by atoms with Gasteiger partial charge in [0.2, 0.25) is 0 Å². The van der Waals surface area contributed by atoms with Gasteiger partial charge < -0.3 is 0 Å². The largest absolute Gasteiger partial charge is 0.288 e. The lowest BCUT2D eigenvalue weighted by Gasteiger charge is -2.10. The van der Waals surface area contributed by atoms with Crippen LogP contribution in [0, 0.1) is 0 Å². The summed E-state index contributed by atoms with van der Waals surface area (Å²) < 4.78 is 24.2. The standard InChI is InChI=1S/C20H19N3O4S/c1-13(2)28(26,27)16-10-7-15(8-11-16)19(24)22-23-20(25)18-12-9-14-5-3-4-6-17(14)21-18/h3-13H,1-2H3,(H,22,24)(H,23,25). The molecule has 144 valence electrons. The van der Waals surface area contributed by atoms with Crippen LogP contribution < -0.4 is 10.9 Å². The van der Waals surface area contributed by atoms with Crippen LogP contribution in [0.25, 0.3) is 10.9 Å². The number of amides is 2. The average Bonchev–Trinajstić information content (AvgIpc) is 2.71. The number of nitrogens with one attached hydrogen (secondary N) is 2. The van der Waals surface area contributed by atoms with E-state index >= 15 is 0 Å². The van der Waals surface area contributed by atoms with E-state index in [2.05, 4.69) is 15.8 Å². The van der Waals surface area contributed by atoms with Gasteiger partial charge in [0.05, 0.1) is 15.7 Å². The van der Waals surface area contributed by atoms with Crippen LogP contribution in [-0.2, 0) is 9.84 Å². The van der Waals surface area contributed by atoms with Crippen molar-refractivity contribution in [1.29, 1.82) is 0 Å². The van der Waals surface area contributed by atoms with Crippen molar-refractivity contribution in [3.63, 3.8) is 0 Å². The van der Waals surface area contributed by atoms with Crippen LogP contribution >= 0.6 is 0 Å². The van der Waals surface area contributed by atoms with Crippen molar-refractivity contribution in [1.82, 2.24) is 15.8 Å². The molecule has 8 heteroatoms. The van der Waals surface area contributed by atoms with E-state index in [1.54, 1.807) is 32.0 Å². The van der Waals surface area contributed by atoms with E-state index in [0.29, 0.717) is 5.52 Å². The number of aromatic nitrogens is 1. The van der Waals surface area contributed by atoms with E-state index in [-0.39, 0.29) is 16.2 Å². The van der Waals surface area contributed by atoms with Gasteiger partial charge in [0, 0.05) is 10.9 Å². The minimum Gasteiger partial charge on any atom is -0.267 e. The summed E-state index contributed by atoms with van der Waals surface area (Å²) in [5.74, 6) is -1.12. The van der Waals surface area contributed by atoms with Crippen molar-refractivity contribution in [2.75, 3.05) is 0 Å². The smallest absolute Gasteiger partial charge is 0.267 e. The monoisotopic (exact) mass is 397 g/mol. The molecule has 0 saturated heterocycles. The predicted octanol–water partition coefficient (Wildman–Crippen LogP) is 2.49. The van der Waals surface area contributed by atoms with Gasteiger partial charge in [-0.15, -0.1) is 0 Å². The van der Waals surface area contributed by atoms with Crippen molar-refractivity contribution in [3.8, 4) is 0 Å². The van der Waals surface area contributed by atoms with Crippen molar-refractivity contribution in [2.24, 2.45) is 0 Å². The molecule has 0 radical (unpaired) electrons. The summed E-state index contributed by atoms with van der Waals surface area (Å²) in [7, 11) is -3.41. The number of hydrazine groups is 1. The van der Waals surface area contributed by atoms with Crippen LogP contribution in [0.15, 0.2) is 65.6 Å². The first-order valence-electron chi connectivity index (χ1n) is 8.59. The zero-order valence-corrected chi connectivity index (χ0v) is 16.2. The summed E-state index contributed by atoms with van der Waals surface area (Å²) in [5.41, 5.74) is 5.66. The molecule has 2 N–H and O–H groups in total. The zero-order valence-electron chi connectivity index (χ0n) is 15.3. The molecule has 2 amide bonds. The molecule has 0 aliphatic heterocycles. The number of benzene rings is 2. The van der Waals surface area contributed by atoms with Gasteiger partial charge in [0.1, 0.15) is 5.69 Å². The van der Waals surface area contributed by atoms with Crippen LogP contribution in [0.4, 0.5) is 0 Å². The number of nitrogens with zero attached hydrogens (tertiary/aromatic N) is 1. The van der Waals surface area contributed by atoms with Gasteiger partial charge in [0.25, 0.3) is 11.8 Å². The predicted molar refractivity (Wildman–Crippen MR) is 105 cm³/mol. The Labute approximate surface area is 162 Å². The number of para-hydroxylation sites is 1. The van der Waals surface area contributed by atoms with Crippen molar-refractivity contribution in [2.45, 2.75) is 24.0 Å². The molecule has 1 heterocycles. The van der Waals surface area contributed by atoms with E-state index in [1.165, 1.54) is 24.3 Å². The van der Waals surface area contributed by atoms with Gasteiger partial charge in [-0.05, 0) is 50.2 Å². The van der Waals surface area contributed by atoms with Crippen molar-refractivity contribution in [3.05, 3.63) is 71.9 Å². The molecule has 0 spiro atoms. The normalized spacial score (nSPS) is 11.4. The molecule has 3 aromatic rings. The minimum absolute atomic E-state index is 0.142. The second-order valence-electron chi connectivity index (χ2n) is 6.42. The van der Waals surface area contributed by atoms with E-state index in [9.17, 15) is 18.0 Å². The summed E-state index contributed by atoms with van der Waals surface area (Å²) >= 11 is 0. The van der Waals surface area contributed by atoms with E-state index in [0.717, 1.165) is 5.39 Å². The molecule has 0 unspecified atom stereocenters. The van der Waals surface area contributed by atoms with E-state index in [1.807, 2.05) is 18.2 Å². The number of carbonyl (C=O) groups excluding carboxylic acids is 2. The molecule has 2 aromatic carbocycles. The molecule has 0 fully saturated rings. The van der Waals surface area contributed by atoms with Crippen LogP contribution in [0.2, 0.25) is 0 Å². The summed E-state index contributed by atoms with van der Waals surface area (Å²) in [6.45, 7) is 3.18. The average molecular weight is 397 g/mol. The topological polar surface area (TPSA) is 105 Å². The lowest BCUT2D eigenvalue weighted by Crippen LogP contribution is -2.41. The molecular formula is C20H19N3O4S. The minimum atomic E-state index is -3.41. The fourth-order valence-electron chi connectivity index (χ4n) is 2.51. The van der Waals surface area contributed by atoms with Crippen LogP contribution in [0.1, 0.15) is 34.7 Å². The fourth-order valence-corrected chi connectivity index (χ4v) is 3.57. The lowest BCUT2D eigenvalue weighted by atomic mass is 10.2. The fraction of sp³-hybridized carbons (Fsp3) is 0.150. The second-order valence-corrected chi connectivity index (χ2v) is 8.92. The Morgan fingerprint density at radius 1 is 0.857 bits per heavy atom. The molecule has 0 aliphatic carbocycles. The maximum absolute atomic E-state index is 12.2. The first-order valence-corrected chi connectivity index (χ1v) is 10.1. The quantitative estimate of drug-likeness (QED) is 0.658. The molecule has 28 heavy (non-hydrogen) atoms. The van der Waals surface area contributed by atoms with Gasteiger partial charge in [-0.2, -0.15) is 0 Å². The molecule has 0 bridgehead atoms. The molecule has 1 aromatic heterocycles. The van der Waals surface area contributed by atoms with Crippen LogP contribution in [0.3, 0.4) is 0 Å². The van der Waals surface area contributed by atoms with Gasteiger partial charge in [-0.25, -0.2) is 13.4 Å². The highest BCUT2D eigenvalue weighted by Gasteiger charge is 2.19. The first-order chi connectivity index (χ1) is 13.3. The van der Waals surface area contributed by atoms with Crippen molar-refractivity contribution >= 4 is 32.6 Å². The number of rotatable bonds is 4. The van der Waals surface area contributed by atoms with E-state index < -0.39 is 26.9 Å². The summed E-state index contributed by atoms with van der Waals surface area (Å²) in [4.78, 5) is 28.8. The van der Waals surface area contributed by atoms with Crippen LogP contribution in [-0.4, -0.2) is 30.5 Å². The molecule has 3 rings (SSSR count). The van der Waals surface area contributed by atoms with Crippen LogP contribution in [0.5, 0.6) is 0 Å². The van der Waals surface area contributed by atoms with Gasteiger partial charge in [-0.1, -0.05) is 24.3 Å². The highest BCUT2D eigenvalue weighted by molar-refractivity contribution is 7.92. The summed E-state index contributed by atoms with van der Waals surface area (Å²) in [6.07, 6.45) is 0. The maximum atomic E-state index is 12.2. The Bertz CT molecular complexity index is 1140. The molecule has 0 aliphatic rings. The number of sulfone groups is 1. The number of hydrogen-bond acceptors (Lipinski definition) is 5. The van der Waals surface area contributed by atoms with E-state index in [4.69, 9.17) is 0 Å². The lowest BCUT2D eigenvalue weighted by molar-refractivity contribution is 0.0844. The third-order valence-electron chi connectivity index (χ3n) is 4.19. The molecular weight excluding hydrogens is 378 g/mol. The Morgan fingerprint density at radius 3 is 2.18 bits per heavy atom. The third-order valence-corrected chi connectivity index (χ3v) is 6.36. The first kappa shape index (κ1) is 19.5. The Morgan fingerprint density at radius 2 is 1.50 bits per heavy atom. The molecule has 7 nitrogen and oxygen atoms in total. The second kappa shape index (κ2) is 7.77. The number of pyridine rings is 1. The molecule has 0 atom stereocenters. The highest BCUT2D eigenvalue weighted by atomic mass is 32.2. The SMILES string of the molecule is CC(C)S(=O)(=O)c1ccc(C(=O)NNC(=O)c2ccc3ccccc3n2)cc1. The Kier molecular flexibility index (Phi) is 5.41. The van der Waals surface area contributed by atoms with Gasteiger partial charge in [0.15, 0.2) is 9.84 Å². The number of fused-ring (bicyclic) bond motifs is 1. The molecule has 0 saturated carbocycles.